The van der Waals surface area contributed by atoms with Crippen LogP contribution in [0.5, 0.6) is 0 Å². The number of amides is 1. The molecule has 168 valence electrons. The fraction of sp³-hybridized carbons (Fsp3) is 0.130. The lowest BCUT2D eigenvalue weighted by Gasteiger charge is -2.18. The Morgan fingerprint density at radius 2 is 2.03 bits per heavy atom. The Bertz CT molecular complexity index is 1670. The molecule has 0 saturated heterocycles. The molecule has 0 saturated carbocycles. The standard InChI is InChI=1S/C23H19N9O2/c1-3-8-15-16-19(29-28-15)27-20(32(23(16)34)14-9-5-4-6-10-14)13(2)26-22(33)17-18(24)30-31-12-7-11-25-21(17)31/h4-7,9-13H,1-2H3,(H2,24,30)(H,26,33)(H,28,29)/t13-/m0/s1. The number of aromatic nitrogens is 7. The van der Waals surface area contributed by atoms with E-state index in [1.54, 1.807) is 44.4 Å². The van der Waals surface area contributed by atoms with E-state index in [1.807, 2.05) is 18.2 Å². The van der Waals surface area contributed by atoms with Gasteiger partial charge in [0.1, 0.15) is 22.5 Å². The first kappa shape index (κ1) is 20.9. The molecule has 0 bridgehead atoms. The molecule has 0 radical (unpaired) electrons. The van der Waals surface area contributed by atoms with Gasteiger partial charge in [0, 0.05) is 12.4 Å². The molecule has 1 aromatic carbocycles. The Morgan fingerprint density at radius 3 is 2.79 bits per heavy atom. The minimum atomic E-state index is -0.688. The number of carbonyl (C=O) groups is 1. The summed E-state index contributed by atoms with van der Waals surface area (Å²) in [6, 6.07) is 10.0. The molecule has 4 aromatic heterocycles. The number of nitrogens with zero attached hydrogens (tertiary/aromatic N) is 6. The second-order valence-corrected chi connectivity index (χ2v) is 7.46. The number of anilines is 1. The lowest BCUT2D eigenvalue weighted by Crippen LogP contribution is -2.33. The van der Waals surface area contributed by atoms with Crippen molar-refractivity contribution in [3.63, 3.8) is 0 Å². The van der Waals surface area contributed by atoms with Crippen LogP contribution in [0.4, 0.5) is 5.82 Å². The second-order valence-electron chi connectivity index (χ2n) is 7.46. The summed E-state index contributed by atoms with van der Waals surface area (Å²) in [6.07, 6.45) is 3.20. The Kier molecular flexibility index (Phi) is 5.03. The van der Waals surface area contributed by atoms with Crippen molar-refractivity contribution < 1.29 is 4.79 Å². The lowest BCUT2D eigenvalue weighted by atomic mass is 10.2. The molecule has 5 rings (SSSR count). The summed E-state index contributed by atoms with van der Waals surface area (Å²) in [4.78, 5) is 35.6. The first-order valence-electron chi connectivity index (χ1n) is 10.4. The molecule has 5 aromatic rings. The van der Waals surface area contributed by atoms with Gasteiger partial charge in [-0.15, -0.1) is 5.10 Å². The number of nitrogens with two attached hydrogens (primary N) is 1. The summed E-state index contributed by atoms with van der Waals surface area (Å²) in [5, 5.41) is 14.2. The maximum absolute atomic E-state index is 13.6. The summed E-state index contributed by atoms with van der Waals surface area (Å²) >= 11 is 0. The predicted molar refractivity (Wildman–Crippen MR) is 125 cm³/mol. The van der Waals surface area contributed by atoms with Crippen LogP contribution >= 0.6 is 0 Å². The summed E-state index contributed by atoms with van der Waals surface area (Å²) in [7, 11) is 0. The van der Waals surface area contributed by atoms with Gasteiger partial charge in [0.15, 0.2) is 17.1 Å². The van der Waals surface area contributed by atoms with Gasteiger partial charge in [-0.2, -0.15) is 5.10 Å². The number of H-pyrrole nitrogens is 1. The smallest absolute Gasteiger partial charge is 0.270 e. The first-order valence-corrected chi connectivity index (χ1v) is 10.4. The van der Waals surface area contributed by atoms with Crippen LogP contribution in [-0.4, -0.2) is 40.3 Å². The number of carbonyl (C=O) groups excluding carboxylic acids is 1. The number of aromatic amines is 1. The Hall–Kier alpha value is -4.98. The van der Waals surface area contributed by atoms with Gasteiger partial charge < -0.3 is 11.1 Å². The highest BCUT2D eigenvalue weighted by molar-refractivity contribution is 6.04. The summed E-state index contributed by atoms with van der Waals surface area (Å²) in [5.41, 5.74) is 7.29. The molecule has 0 fully saturated rings. The number of nitrogens with one attached hydrogen (secondary N) is 2. The molecule has 11 nitrogen and oxygen atoms in total. The van der Waals surface area contributed by atoms with E-state index in [9.17, 15) is 9.59 Å². The van der Waals surface area contributed by atoms with Crippen LogP contribution < -0.4 is 16.6 Å². The van der Waals surface area contributed by atoms with Crippen molar-refractivity contribution in [2.45, 2.75) is 19.9 Å². The molecule has 1 atom stereocenters. The average Bonchev–Trinajstić information content (AvgIpc) is 3.39. The van der Waals surface area contributed by atoms with E-state index in [0.29, 0.717) is 22.9 Å². The van der Waals surface area contributed by atoms with Crippen molar-refractivity contribution >= 4 is 28.4 Å². The van der Waals surface area contributed by atoms with Gasteiger partial charge in [0.05, 0.1) is 11.7 Å². The molecule has 11 heteroatoms. The van der Waals surface area contributed by atoms with E-state index in [-0.39, 0.29) is 28.0 Å². The van der Waals surface area contributed by atoms with Crippen LogP contribution in [0.25, 0.3) is 22.4 Å². The molecule has 34 heavy (non-hydrogen) atoms. The van der Waals surface area contributed by atoms with E-state index >= 15 is 0 Å². The quantitative estimate of drug-likeness (QED) is 0.350. The molecule has 0 spiro atoms. The third kappa shape index (κ3) is 3.34. The summed E-state index contributed by atoms with van der Waals surface area (Å²) < 4.78 is 2.88. The van der Waals surface area contributed by atoms with Crippen LogP contribution in [0.2, 0.25) is 0 Å². The molecule has 4 heterocycles. The number of nitrogen functional groups attached to an aromatic ring is 1. The van der Waals surface area contributed by atoms with E-state index in [1.165, 1.54) is 9.08 Å². The highest BCUT2D eigenvalue weighted by Gasteiger charge is 2.25. The van der Waals surface area contributed by atoms with Gasteiger partial charge >= 0.3 is 0 Å². The number of rotatable bonds is 4. The second kappa shape index (κ2) is 8.18. The highest BCUT2D eigenvalue weighted by Crippen LogP contribution is 2.21. The van der Waals surface area contributed by atoms with E-state index in [0.717, 1.165) is 0 Å². The SMILES string of the molecule is CC#Cc1n[nH]c2nc([C@H](C)NC(=O)c3c(N)nn4cccnc34)n(-c3ccccc3)c(=O)c12. The zero-order valence-corrected chi connectivity index (χ0v) is 18.3. The van der Waals surface area contributed by atoms with Crippen molar-refractivity contribution in [2.75, 3.05) is 5.73 Å². The minimum Gasteiger partial charge on any atom is -0.381 e. The van der Waals surface area contributed by atoms with Gasteiger partial charge in [-0.25, -0.2) is 14.5 Å². The third-order valence-corrected chi connectivity index (χ3v) is 5.26. The number of fused-ring (bicyclic) bond motifs is 2. The van der Waals surface area contributed by atoms with Gasteiger partial charge in [-0.3, -0.25) is 19.3 Å². The highest BCUT2D eigenvalue weighted by atomic mass is 16.2. The van der Waals surface area contributed by atoms with Crippen molar-refractivity contribution in [1.82, 2.24) is 39.7 Å². The zero-order valence-electron chi connectivity index (χ0n) is 18.3. The summed E-state index contributed by atoms with van der Waals surface area (Å²) in [6.45, 7) is 3.39. The Balaban J connectivity index is 1.64. The molecule has 1 amide bonds. The summed E-state index contributed by atoms with van der Waals surface area (Å²) in [5.74, 6) is 5.44. The van der Waals surface area contributed by atoms with Gasteiger partial charge in [0.2, 0.25) is 0 Å². The van der Waals surface area contributed by atoms with Crippen LogP contribution in [0, 0.1) is 11.8 Å². The number of hydrogen-bond acceptors (Lipinski definition) is 7. The van der Waals surface area contributed by atoms with E-state index in [2.05, 4.69) is 42.4 Å². The van der Waals surface area contributed by atoms with Crippen LogP contribution in [0.1, 0.15) is 41.8 Å². The van der Waals surface area contributed by atoms with Crippen molar-refractivity contribution in [2.24, 2.45) is 0 Å². The minimum absolute atomic E-state index is 0.0450. The Labute approximate surface area is 192 Å². The largest absolute Gasteiger partial charge is 0.381 e. The fourth-order valence-corrected chi connectivity index (χ4v) is 3.78. The maximum Gasteiger partial charge on any atom is 0.270 e. The molecule has 0 aliphatic rings. The molecule has 4 N–H and O–H groups in total. The van der Waals surface area contributed by atoms with Crippen molar-refractivity contribution in [3.05, 3.63) is 76.2 Å². The predicted octanol–water partition coefficient (Wildman–Crippen LogP) is 1.60. The molecular formula is C23H19N9O2. The Morgan fingerprint density at radius 1 is 1.24 bits per heavy atom. The lowest BCUT2D eigenvalue weighted by molar-refractivity contribution is 0.0940. The zero-order chi connectivity index (χ0) is 23.8. The van der Waals surface area contributed by atoms with Crippen LogP contribution in [-0.2, 0) is 0 Å². The average molecular weight is 453 g/mol. The molecule has 0 aliphatic carbocycles. The van der Waals surface area contributed by atoms with Crippen molar-refractivity contribution in [1.29, 1.82) is 0 Å². The van der Waals surface area contributed by atoms with Gasteiger partial charge in [-0.05, 0) is 38.0 Å². The number of hydrogen-bond donors (Lipinski definition) is 3. The third-order valence-electron chi connectivity index (χ3n) is 5.26. The van der Waals surface area contributed by atoms with E-state index < -0.39 is 11.9 Å². The number of benzene rings is 1. The fourth-order valence-electron chi connectivity index (χ4n) is 3.78. The van der Waals surface area contributed by atoms with Gasteiger partial charge in [0.25, 0.3) is 11.5 Å². The molecule has 0 unspecified atom stereocenters. The monoisotopic (exact) mass is 453 g/mol. The van der Waals surface area contributed by atoms with Crippen LogP contribution in [0.15, 0.2) is 53.6 Å². The van der Waals surface area contributed by atoms with Gasteiger partial charge in [-0.1, -0.05) is 24.1 Å². The molecule has 0 aliphatic heterocycles. The van der Waals surface area contributed by atoms with Crippen LogP contribution in [0.3, 0.4) is 0 Å². The van der Waals surface area contributed by atoms with E-state index in [4.69, 9.17) is 5.73 Å². The topological polar surface area (TPSA) is 149 Å². The number of para-hydroxylation sites is 1. The molecular weight excluding hydrogens is 434 g/mol. The first-order chi connectivity index (χ1) is 16.5. The van der Waals surface area contributed by atoms with Crippen molar-refractivity contribution in [3.8, 4) is 17.5 Å². The normalized spacial score (nSPS) is 11.8. The maximum atomic E-state index is 13.6.